The van der Waals surface area contributed by atoms with Gasteiger partial charge in [-0.05, 0) is 60.2 Å². The first-order valence-corrected chi connectivity index (χ1v) is 7.91. The fourth-order valence-corrected chi connectivity index (χ4v) is 3.16. The van der Waals surface area contributed by atoms with Crippen LogP contribution in [0.4, 0.5) is 5.69 Å². The van der Waals surface area contributed by atoms with Gasteiger partial charge in [0.25, 0.3) is 5.91 Å². The number of fused-ring (bicyclic) bond motifs is 1. The summed E-state index contributed by atoms with van der Waals surface area (Å²) in [4.78, 5) is 14.0. The van der Waals surface area contributed by atoms with E-state index >= 15 is 0 Å². The molecule has 3 rings (SSSR count). The van der Waals surface area contributed by atoms with E-state index in [1.165, 1.54) is 11.1 Å². The molecule has 1 amide bonds. The highest BCUT2D eigenvalue weighted by molar-refractivity contribution is 14.1. The number of rotatable bonds is 2. The zero-order chi connectivity index (χ0) is 15.0. The van der Waals surface area contributed by atoms with Crippen LogP contribution in [0.5, 0.6) is 5.75 Å². The molecule has 0 unspecified atom stereocenters. The second-order valence-electron chi connectivity index (χ2n) is 5.38. The normalized spacial score (nSPS) is 13.9. The Morgan fingerprint density at radius 3 is 2.57 bits per heavy atom. The number of hydrogen-bond acceptors (Lipinski definition) is 2. The molecule has 0 radical (unpaired) electrons. The summed E-state index contributed by atoms with van der Waals surface area (Å²) < 4.78 is 6.64. The average molecular weight is 393 g/mol. The van der Waals surface area contributed by atoms with Crippen LogP contribution in [0.15, 0.2) is 36.4 Å². The molecule has 0 atom stereocenters. The fraction of sp³-hybridized carbons (Fsp3) is 0.235. The zero-order valence-electron chi connectivity index (χ0n) is 12.0. The predicted molar refractivity (Wildman–Crippen MR) is 91.8 cm³/mol. The number of ether oxygens (including phenoxy) is 1. The van der Waals surface area contributed by atoms with Crippen molar-refractivity contribution in [3.63, 3.8) is 0 Å². The van der Waals surface area contributed by atoms with E-state index in [0.717, 1.165) is 20.6 Å². The third-order valence-electron chi connectivity index (χ3n) is 3.49. The number of nitrogens with zero attached hydrogens (tertiary/aromatic N) is 1. The molecule has 0 aliphatic carbocycles. The van der Waals surface area contributed by atoms with Gasteiger partial charge in [-0.3, -0.25) is 4.79 Å². The lowest BCUT2D eigenvalue weighted by atomic mass is 10.1. The molecule has 2 aromatic carbocycles. The highest BCUT2D eigenvalue weighted by Crippen LogP contribution is 2.34. The Labute approximate surface area is 138 Å². The van der Waals surface area contributed by atoms with Crippen molar-refractivity contribution in [3.8, 4) is 5.75 Å². The SMILES string of the molecule is Cc1cc(C)cc(CN2C(=O)COc3cc(I)ccc32)c1. The van der Waals surface area contributed by atoms with Gasteiger partial charge in [-0.25, -0.2) is 0 Å². The van der Waals surface area contributed by atoms with E-state index in [1.54, 1.807) is 0 Å². The lowest BCUT2D eigenvalue weighted by molar-refractivity contribution is -0.121. The quantitative estimate of drug-likeness (QED) is 0.726. The molecule has 1 aliphatic heterocycles. The van der Waals surface area contributed by atoms with Crippen molar-refractivity contribution in [2.45, 2.75) is 20.4 Å². The van der Waals surface area contributed by atoms with Gasteiger partial charge >= 0.3 is 0 Å². The van der Waals surface area contributed by atoms with Crippen molar-refractivity contribution < 1.29 is 9.53 Å². The number of hydrogen-bond donors (Lipinski definition) is 0. The molecule has 0 saturated heterocycles. The maximum atomic E-state index is 12.2. The summed E-state index contributed by atoms with van der Waals surface area (Å²) in [5.74, 6) is 0.786. The van der Waals surface area contributed by atoms with Gasteiger partial charge in [-0.1, -0.05) is 29.3 Å². The summed E-state index contributed by atoms with van der Waals surface area (Å²) in [5, 5.41) is 0. The van der Waals surface area contributed by atoms with Gasteiger partial charge in [0.1, 0.15) is 5.75 Å². The van der Waals surface area contributed by atoms with Gasteiger partial charge in [0.2, 0.25) is 0 Å². The van der Waals surface area contributed by atoms with Gasteiger partial charge in [-0.2, -0.15) is 0 Å². The smallest absolute Gasteiger partial charge is 0.265 e. The summed E-state index contributed by atoms with van der Waals surface area (Å²) in [5.41, 5.74) is 4.43. The van der Waals surface area contributed by atoms with Crippen LogP contribution in [0.2, 0.25) is 0 Å². The van der Waals surface area contributed by atoms with E-state index in [2.05, 4.69) is 54.6 Å². The second kappa shape index (κ2) is 5.67. The lowest BCUT2D eigenvalue weighted by Crippen LogP contribution is -2.38. The molecule has 0 spiro atoms. The maximum absolute atomic E-state index is 12.2. The number of aryl methyl sites for hydroxylation is 2. The third-order valence-corrected chi connectivity index (χ3v) is 4.16. The summed E-state index contributed by atoms with van der Waals surface area (Å²) in [6.45, 7) is 4.85. The minimum absolute atomic E-state index is 0.00265. The van der Waals surface area contributed by atoms with Gasteiger partial charge < -0.3 is 9.64 Å². The topological polar surface area (TPSA) is 29.5 Å². The Balaban J connectivity index is 1.96. The lowest BCUT2D eigenvalue weighted by Gasteiger charge is -2.29. The summed E-state index contributed by atoms with van der Waals surface area (Å²) in [7, 11) is 0. The van der Waals surface area contributed by atoms with Gasteiger partial charge in [0.05, 0.1) is 12.2 Å². The molecule has 0 aromatic heterocycles. The van der Waals surface area contributed by atoms with Crippen molar-refractivity contribution in [2.75, 3.05) is 11.5 Å². The summed E-state index contributed by atoms with van der Waals surface area (Å²) in [6, 6.07) is 12.3. The number of carbonyl (C=O) groups is 1. The molecule has 0 N–H and O–H groups in total. The second-order valence-corrected chi connectivity index (χ2v) is 6.62. The Morgan fingerprint density at radius 1 is 1.14 bits per heavy atom. The first kappa shape index (κ1) is 14.4. The number of halogens is 1. The third kappa shape index (κ3) is 3.05. The minimum atomic E-state index is 0.00265. The Morgan fingerprint density at radius 2 is 1.86 bits per heavy atom. The average Bonchev–Trinajstić information content (AvgIpc) is 2.41. The van der Waals surface area contributed by atoms with Crippen LogP contribution in [-0.4, -0.2) is 12.5 Å². The van der Waals surface area contributed by atoms with Gasteiger partial charge in [-0.15, -0.1) is 0 Å². The summed E-state index contributed by atoms with van der Waals surface area (Å²) in [6.07, 6.45) is 0. The van der Waals surface area contributed by atoms with Crippen LogP contribution < -0.4 is 9.64 Å². The van der Waals surface area contributed by atoms with Gasteiger partial charge in [0.15, 0.2) is 6.61 Å². The summed E-state index contributed by atoms with van der Waals surface area (Å²) >= 11 is 2.25. The van der Waals surface area contributed by atoms with Crippen molar-refractivity contribution in [1.82, 2.24) is 0 Å². The van der Waals surface area contributed by atoms with E-state index in [4.69, 9.17) is 4.74 Å². The monoisotopic (exact) mass is 393 g/mol. The number of benzene rings is 2. The van der Waals surface area contributed by atoms with E-state index < -0.39 is 0 Å². The fourth-order valence-electron chi connectivity index (χ4n) is 2.69. The van der Waals surface area contributed by atoms with Crippen LogP contribution in [-0.2, 0) is 11.3 Å². The molecular weight excluding hydrogens is 377 g/mol. The van der Waals surface area contributed by atoms with E-state index in [1.807, 2.05) is 23.1 Å². The molecule has 1 heterocycles. The maximum Gasteiger partial charge on any atom is 0.265 e. The number of carbonyl (C=O) groups excluding carboxylic acids is 1. The first-order valence-electron chi connectivity index (χ1n) is 6.83. The van der Waals surface area contributed by atoms with E-state index in [-0.39, 0.29) is 12.5 Å². The molecule has 0 fully saturated rings. The number of anilines is 1. The Bertz CT molecular complexity index is 692. The van der Waals surface area contributed by atoms with Crippen LogP contribution in [0.25, 0.3) is 0 Å². The van der Waals surface area contributed by atoms with Crippen molar-refractivity contribution in [2.24, 2.45) is 0 Å². The van der Waals surface area contributed by atoms with Crippen LogP contribution >= 0.6 is 22.6 Å². The van der Waals surface area contributed by atoms with E-state index in [9.17, 15) is 4.79 Å². The Hall–Kier alpha value is -1.56. The number of amides is 1. The zero-order valence-corrected chi connectivity index (χ0v) is 14.2. The molecule has 108 valence electrons. The van der Waals surface area contributed by atoms with Crippen molar-refractivity contribution in [3.05, 3.63) is 56.7 Å². The largest absolute Gasteiger partial charge is 0.482 e. The van der Waals surface area contributed by atoms with Crippen LogP contribution in [0, 0.1) is 17.4 Å². The molecule has 0 saturated carbocycles. The standard InChI is InChI=1S/C17H16INO2/c1-11-5-12(2)7-13(6-11)9-19-15-4-3-14(18)8-16(15)21-10-17(19)20/h3-8H,9-10H2,1-2H3. The molecule has 21 heavy (non-hydrogen) atoms. The van der Waals surface area contributed by atoms with Crippen molar-refractivity contribution in [1.29, 1.82) is 0 Å². The van der Waals surface area contributed by atoms with Gasteiger partial charge in [0, 0.05) is 3.57 Å². The molecule has 3 nitrogen and oxygen atoms in total. The van der Waals surface area contributed by atoms with Crippen LogP contribution in [0.3, 0.4) is 0 Å². The Kier molecular flexibility index (Phi) is 3.89. The minimum Gasteiger partial charge on any atom is -0.482 e. The molecule has 4 heteroatoms. The first-order chi connectivity index (χ1) is 10.0. The highest BCUT2D eigenvalue weighted by atomic mass is 127. The van der Waals surface area contributed by atoms with Crippen LogP contribution in [0.1, 0.15) is 16.7 Å². The predicted octanol–water partition coefficient (Wildman–Crippen LogP) is 3.83. The molecule has 1 aliphatic rings. The molecule has 2 aromatic rings. The molecular formula is C17H16INO2. The highest BCUT2D eigenvalue weighted by Gasteiger charge is 2.25. The molecule has 0 bridgehead atoms. The van der Waals surface area contributed by atoms with E-state index in [0.29, 0.717) is 6.54 Å². The van der Waals surface area contributed by atoms with Crippen molar-refractivity contribution >= 4 is 34.2 Å².